The summed E-state index contributed by atoms with van der Waals surface area (Å²) in [5, 5.41) is 0. The van der Waals surface area contributed by atoms with Crippen molar-refractivity contribution >= 4 is 0 Å². The molecule has 0 saturated heterocycles. The zero-order valence-corrected chi connectivity index (χ0v) is 22.8. The van der Waals surface area contributed by atoms with Crippen LogP contribution in [0.4, 0.5) is 0 Å². The fourth-order valence-electron chi connectivity index (χ4n) is 4.36. The summed E-state index contributed by atoms with van der Waals surface area (Å²) in [6.07, 6.45) is 19.9. The van der Waals surface area contributed by atoms with E-state index in [-0.39, 0.29) is 0 Å². The number of hydrogen-bond acceptors (Lipinski definition) is 3. The number of rotatable bonds is 17. The van der Waals surface area contributed by atoms with Crippen molar-refractivity contribution in [3.63, 3.8) is 0 Å². The van der Waals surface area contributed by atoms with Gasteiger partial charge in [-0.1, -0.05) is 109 Å². The molecule has 0 bridgehead atoms. The molecule has 1 aromatic heterocycles. The fraction of sp³-hybridized carbons (Fsp3) is 0.515. The molecule has 36 heavy (non-hydrogen) atoms. The summed E-state index contributed by atoms with van der Waals surface area (Å²) in [6, 6.07) is 17.0. The lowest BCUT2D eigenvalue weighted by Crippen LogP contribution is -2.06. The number of ether oxygens (including phenoxy) is 1. The maximum absolute atomic E-state index is 5.86. The first kappa shape index (κ1) is 27.9. The number of aromatic nitrogens is 2. The fourth-order valence-corrected chi connectivity index (χ4v) is 4.36. The summed E-state index contributed by atoms with van der Waals surface area (Å²) >= 11 is 0. The Balaban J connectivity index is 1.40. The highest BCUT2D eigenvalue weighted by atomic mass is 16.5. The first-order valence-corrected chi connectivity index (χ1v) is 14.3. The highest BCUT2D eigenvalue weighted by Gasteiger charge is 2.05. The van der Waals surface area contributed by atoms with Crippen molar-refractivity contribution in [3.05, 3.63) is 66.5 Å². The van der Waals surface area contributed by atoms with Crippen molar-refractivity contribution in [1.82, 2.24) is 9.97 Å². The zero-order chi connectivity index (χ0) is 25.4. The summed E-state index contributed by atoms with van der Waals surface area (Å²) in [4.78, 5) is 9.35. The highest BCUT2D eigenvalue weighted by Crippen LogP contribution is 2.23. The molecule has 0 spiro atoms. The second kappa shape index (κ2) is 16.1. The van der Waals surface area contributed by atoms with Crippen LogP contribution in [0.2, 0.25) is 0 Å². The second-order valence-corrected chi connectivity index (χ2v) is 10.3. The van der Waals surface area contributed by atoms with Gasteiger partial charge in [-0.05, 0) is 48.6 Å². The van der Waals surface area contributed by atoms with Crippen LogP contribution < -0.4 is 4.74 Å². The molecule has 3 rings (SSSR count). The van der Waals surface area contributed by atoms with Crippen LogP contribution in [0.5, 0.6) is 5.75 Å². The smallest absolute Gasteiger partial charge is 0.119 e. The third kappa shape index (κ3) is 9.76. The minimum absolute atomic E-state index is 0.567. The monoisotopic (exact) mass is 486 g/mol. The third-order valence-corrected chi connectivity index (χ3v) is 7.10. The number of benzene rings is 2. The van der Waals surface area contributed by atoms with E-state index < -0.39 is 0 Å². The molecule has 194 valence electrons. The maximum atomic E-state index is 5.86. The van der Waals surface area contributed by atoms with E-state index in [1.54, 1.807) is 0 Å². The van der Waals surface area contributed by atoms with Gasteiger partial charge in [0.1, 0.15) is 5.75 Å². The molecule has 0 amide bonds. The molecule has 3 nitrogen and oxygen atoms in total. The highest BCUT2D eigenvalue weighted by molar-refractivity contribution is 5.63. The Morgan fingerprint density at radius 3 is 1.64 bits per heavy atom. The van der Waals surface area contributed by atoms with E-state index in [1.165, 1.54) is 76.2 Å². The summed E-state index contributed by atoms with van der Waals surface area (Å²) in [6.45, 7) is 7.43. The van der Waals surface area contributed by atoms with E-state index in [4.69, 9.17) is 4.74 Å². The minimum atomic E-state index is 0.567. The van der Waals surface area contributed by atoms with Crippen LogP contribution in [-0.2, 0) is 6.42 Å². The van der Waals surface area contributed by atoms with E-state index in [2.05, 4.69) is 67.1 Å². The molecule has 0 aliphatic carbocycles. The first-order chi connectivity index (χ1) is 17.7. The van der Waals surface area contributed by atoms with Gasteiger partial charge in [-0.25, -0.2) is 0 Å². The number of unbranched alkanes of at least 4 members (excludes halogenated alkanes) is 9. The van der Waals surface area contributed by atoms with Gasteiger partial charge in [-0.3, -0.25) is 9.97 Å². The molecular weight excluding hydrogens is 440 g/mol. The average molecular weight is 487 g/mol. The summed E-state index contributed by atoms with van der Waals surface area (Å²) in [5.74, 6) is 1.47. The van der Waals surface area contributed by atoms with Crippen LogP contribution in [0.3, 0.4) is 0 Å². The van der Waals surface area contributed by atoms with E-state index in [9.17, 15) is 0 Å². The largest absolute Gasteiger partial charge is 0.493 e. The maximum Gasteiger partial charge on any atom is 0.119 e. The molecule has 1 atom stereocenters. The first-order valence-electron chi connectivity index (χ1n) is 14.3. The Morgan fingerprint density at radius 2 is 1.14 bits per heavy atom. The van der Waals surface area contributed by atoms with E-state index in [0.717, 1.165) is 41.3 Å². The van der Waals surface area contributed by atoms with Gasteiger partial charge in [0.25, 0.3) is 0 Å². The Hall–Kier alpha value is -2.68. The topological polar surface area (TPSA) is 35.0 Å². The molecule has 0 aliphatic rings. The SMILES string of the molecule is CCCCCCCCCCCCc1ccc(-c2cnc(-c3ccc(OCC(C)CC)cc3)cn2)cc1. The predicted octanol–water partition coefficient (Wildman–Crippen LogP) is 9.70. The van der Waals surface area contributed by atoms with Gasteiger partial charge in [0.2, 0.25) is 0 Å². The molecule has 0 saturated carbocycles. The lowest BCUT2D eigenvalue weighted by Gasteiger charge is -2.11. The quantitative estimate of drug-likeness (QED) is 0.178. The molecule has 0 fully saturated rings. The van der Waals surface area contributed by atoms with Crippen molar-refractivity contribution in [2.75, 3.05) is 6.61 Å². The van der Waals surface area contributed by atoms with E-state index in [1.807, 2.05) is 24.5 Å². The molecular formula is C33H46N2O. The lowest BCUT2D eigenvalue weighted by atomic mass is 10.0. The standard InChI is InChI=1S/C33H46N2O/c1-4-6-7-8-9-10-11-12-13-14-15-28-16-18-29(19-17-28)32-24-35-33(25-34-32)30-20-22-31(23-21-30)36-26-27(3)5-2/h16-25,27H,4-15,26H2,1-3H3. The molecule has 0 radical (unpaired) electrons. The Bertz CT molecular complexity index is 964. The summed E-state index contributed by atoms with van der Waals surface area (Å²) in [7, 11) is 0. The predicted molar refractivity (Wildman–Crippen MR) is 153 cm³/mol. The molecule has 1 unspecified atom stereocenters. The van der Waals surface area contributed by atoms with Gasteiger partial charge in [0.15, 0.2) is 0 Å². The zero-order valence-electron chi connectivity index (χ0n) is 22.8. The molecule has 0 N–H and O–H groups in total. The second-order valence-electron chi connectivity index (χ2n) is 10.3. The average Bonchev–Trinajstić information content (AvgIpc) is 2.93. The Morgan fingerprint density at radius 1 is 0.639 bits per heavy atom. The number of hydrogen-bond donors (Lipinski definition) is 0. The van der Waals surface area contributed by atoms with E-state index in [0.29, 0.717) is 5.92 Å². The van der Waals surface area contributed by atoms with Crippen LogP contribution in [0, 0.1) is 5.92 Å². The molecule has 3 aromatic rings. The van der Waals surface area contributed by atoms with Crippen LogP contribution in [-0.4, -0.2) is 16.6 Å². The van der Waals surface area contributed by atoms with E-state index >= 15 is 0 Å². The van der Waals surface area contributed by atoms with Gasteiger partial charge in [-0.2, -0.15) is 0 Å². The summed E-state index contributed by atoms with van der Waals surface area (Å²) < 4.78 is 5.86. The van der Waals surface area contributed by atoms with Crippen LogP contribution >= 0.6 is 0 Å². The van der Waals surface area contributed by atoms with Gasteiger partial charge in [-0.15, -0.1) is 0 Å². The minimum Gasteiger partial charge on any atom is -0.493 e. The molecule has 2 aromatic carbocycles. The molecule has 1 heterocycles. The molecule has 3 heteroatoms. The number of nitrogens with zero attached hydrogens (tertiary/aromatic N) is 2. The van der Waals surface area contributed by atoms with Crippen molar-refractivity contribution < 1.29 is 4.74 Å². The van der Waals surface area contributed by atoms with Crippen molar-refractivity contribution in [1.29, 1.82) is 0 Å². The van der Waals surface area contributed by atoms with Crippen molar-refractivity contribution in [2.45, 2.75) is 97.8 Å². The normalized spacial score (nSPS) is 12.0. The Labute approximate surface area is 219 Å². The van der Waals surface area contributed by atoms with Crippen LogP contribution in [0.15, 0.2) is 60.9 Å². The third-order valence-electron chi connectivity index (χ3n) is 7.10. The summed E-state index contributed by atoms with van der Waals surface area (Å²) in [5.41, 5.74) is 5.38. The molecule has 0 aliphatic heterocycles. The van der Waals surface area contributed by atoms with Gasteiger partial charge < -0.3 is 4.74 Å². The van der Waals surface area contributed by atoms with Crippen molar-refractivity contribution in [3.8, 4) is 28.3 Å². The van der Waals surface area contributed by atoms with Gasteiger partial charge >= 0.3 is 0 Å². The van der Waals surface area contributed by atoms with Gasteiger partial charge in [0, 0.05) is 11.1 Å². The van der Waals surface area contributed by atoms with Crippen LogP contribution in [0.25, 0.3) is 22.5 Å². The lowest BCUT2D eigenvalue weighted by molar-refractivity contribution is 0.256. The van der Waals surface area contributed by atoms with Crippen molar-refractivity contribution in [2.24, 2.45) is 5.92 Å². The Kier molecular flexibility index (Phi) is 12.5. The van der Waals surface area contributed by atoms with Crippen LogP contribution in [0.1, 0.15) is 97.0 Å². The van der Waals surface area contributed by atoms with Gasteiger partial charge in [0.05, 0.1) is 30.4 Å². The number of aryl methyl sites for hydroxylation is 1.